The minimum Gasteiger partial charge on any atom is -0.355 e. The second kappa shape index (κ2) is 9.25. The van der Waals surface area contributed by atoms with Crippen molar-refractivity contribution in [2.24, 2.45) is 11.3 Å². The second-order valence-electron chi connectivity index (χ2n) is 10.2. The first-order chi connectivity index (χ1) is 17.5. The predicted molar refractivity (Wildman–Crippen MR) is 130 cm³/mol. The van der Waals surface area contributed by atoms with Gasteiger partial charge in [0.15, 0.2) is 5.82 Å². The van der Waals surface area contributed by atoms with E-state index in [0.717, 1.165) is 18.4 Å². The maximum atomic E-state index is 13.6. The molecule has 2 aromatic heterocycles. The van der Waals surface area contributed by atoms with Crippen LogP contribution in [0.5, 0.6) is 0 Å². The van der Waals surface area contributed by atoms with Gasteiger partial charge in [-0.25, -0.2) is 19.3 Å². The van der Waals surface area contributed by atoms with Gasteiger partial charge < -0.3 is 25.1 Å². The van der Waals surface area contributed by atoms with E-state index in [4.69, 9.17) is 14.5 Å². The van der Waals surface area contributed by atoms with Gasteiger partial charge in [-0.2, -0.15) is 0 Å². The number of imidazole rings is 1. The van der Waals surface area contributed by atoms with Gasteiger partial charge in [0.1, 0.15) is 5.82 Å². The number of benzene rings is 1. The number of aromatic amines is 1. The summed E-state index contributed by atoms with van der Waals surface area (Å²) in [6.07, 6.45) is 5.49. The van der Waals surface area contributed by atoms with E-state index in [1.807, 2.05) is 6.92 Å². The van der Waals surface area contributed by atoms with Crippen LogP contribution < -0.4 is 10.6 Å². The van der Waals surface area contributed by atoms with Crippen molar-refractivity contribution in [3.63, 3.8) is 0 Å². The highest BCUT2D eigenvalue weighted by molar-refractivity contribution is 5.82. The van der Waals surface area contributed by atoms with Gasteiger partial charge >= 0.3 is 0 Å². The van der Waals surface area contributed by atoms with Crippen LogP contribution in [0.1, 0.15) is 44.7 Å². The highest BCUT2D eigenvalue weighted by atomic mass is 19.1. The molecule has 2 aliphatic carbocycles. The van der Waals surface area contributed by atoms with Crippen molar-refractivity contribution in [2.75, 3.05) is 25.1 Å². The molecule has 36 heavy (non-hydrogen) atoms. The lowest BCUT2D eigenvalue weighted by atomic mass is 9.91. The highest BCUT2D eigenvalue weighted by Gasteiger charge is 2.41. The summed E-state index contributed by atoms with van der Waals surface area (Å²) < 4.78 is 25.6. The summed E-state index contributed by atoms with van der Waals surface area (Å²) in [6, 6.07) is 8.35. The molecule has 1 aromatic carbocycles. The van der Waals surface area contributed by atoms with Crippen molar-refractivity contribution in [1.29, 1.82) is 0 Å². The van der Waals surface area contributed by atoms with Crippen LogP contribution in [0.4, 0.5) is 10.3 Å². The van der Waals surface area contributed by atoms with Crippen LogP contribution in [0.15, 0.2) is 36.5 Å². The Morgan fingerprint density at radius 2 is 1.86 bits per heavy atom. The fourth-order valence-electron chi connectivity index (χ4n) is 4.15. The molecule has 0 radical (unpaired) electrons. The second-order valence-corrected chi connectivity index (χ2v) is 10.2. The molecule has 2 saturated carbocycles. The van der Waals surface area contributed by atoms with E-state index >= 15 is 0 Å². The molecule has 3 heterocycles. The first-order valence-corrected chi connectivity index (χ1v) is 12.4. The van der Waals surface area contributed by atoms with Crippen LogP contribution in [0.25, 0.3) is 22.6 Å². The Morgan fingerprint density at radius 3 is 2.56 bits per heavy atom. The van der Waals surface area contributed by atoms with Crippen molar-refractivity contribution in [2.45, 2.75) is 44.9 Å². The van der Waals surface area contributed by atoms with E-state index in [1.165, 1.54) is 25.0 Å². The smallest absolute Gasteiger partial charge is 0.230 e. The van der Waals surface area contributed by atoms with Crippen molar-refractivity contribution < 1.29 is 18.7 Å². The Labute approximate surface area is 208 Å². The van der Waals surface area contributed by atoms with Gasteiger partial charge in [0, 0.05) is 24.3 Å². The molecular formula is C26H29FN6O3. The third-order valence-electron chi connectivity index (χ3n) is 6.79. The SMILES string of the molecule is CC1(C(=O)NCC2CC2)COC(c2nc(-c3ccc(F)cc3)c(-c3ccnc(NC4CC4)n3)[nH]2)OC1. The number of nitrogens with one attached hydrogen (secondary N) is 3. The summed E-state index contributed by atoms with van der Waals surface area (Å²) in [6.45, 7) is 2.97. The van der Waals surface area contributed by atoms with Crippen LogP contribution in [0, 0.1) is 17.2 Å². The number of rotatable bonds is 8. The van der Waals surface area contributed by atoms with E-state index in [0.29, 0.717) is 47.4 Å². The van der Waals surface area contributed by atoms with E-state index in [1.54, 1.807) is 24.4 Å². The maximum absolute atomic E-state index is 13.6. The van der Waals surface area contributed by atoms with Gasteiger partial charge in [-0.1, -0.05) is 0 Å². The van der Waals surface area contributed by atoms with Crippen molar-refractivity contribution in [3.8, 4) is 22.6 Å². The molecule has 0 unspecified atom stereocenters. The zero-order chi connectivity index (χ0) is 24.7. The van der Waals surface area contributed by atoms with E-state index in [9.17, 15) is 9.18 Å². The number of anilines is 1. The lowest BCUT2D eigenvalue weighted by molar-refractivity contribution is -0.231. The van der Waals surface area contributed by atoms with Gasteiger partial charge in [0.2, 0.25) is 18.1 Å². The number of amides is 1. The first kappa shape index (κ1) is 23.1. The Hall–Kier alpha value is -3.37. The van der Waals surface area contributed by atoms with E-state index in [2.05, 4.69) is 25.6 Å². The zero-order valence-electron chi connectivity index (χ0n) is 20.1. The molecule has 3 aliphatic rings. The fourth-order valence-corrected chi connectivity index (χ4v) is 4.15. The van der Waals surface area contributed by atoms with Crippen LogP contribution >= 0.6 is 0 Å². The molecule has 3 N–H and O–H groups in total. The van der Waals surface area contributed by atoms with Crippen molar-refractivity contribution in [1.82, 2.24) is 25.3 Å². The standard InChI is InChI=1S/C26H29FN6O3/c1-26(24(34)29-12-15-2-3-15)13-35-23(36-14-26)22-32-20(16-4-6-17(27)7-5-16)21(33-22)19-10-11-28-25(31-19)30-18-8-9-18/h4-7,10-11,15,18,23H,2-3,8-9,12-14H2,1H3,(H,29,34)(H,32,33)(H,28,30,31). The quantitative estimate of drug-likeness (QED) is 0.438. The molecule has 0 bridgehead atoms. The van der Waals surface area contributed by atoms with Gasteiger partial charge in [-0.3, -0.25) is 4.79 Å². The number of halogens is 1. The lowest BCUT2D eigenvalue weighted by Crippen LogP contribution is -2.49. The number of carbonyl (C=O) groups excluding carboxylic acids is 1. The number of ether oxygens (including phenoxy) is 2. The zero-order valence-corrected chi connectivity index (χ0v) is 20.1. The fraction of sp³-hybridized carbons (Fsp3) is 0.462. The molecule has 6 rings (SSSR count). The maximum Gasteiger partial charge on any atom is 0.230 e. The summed E-state index contributed by atoms with van der Waals surface area (Å²) in [5.74, 6) is 1.22. The molecule has 0 spiro atoms. The van der Waals surface area contributed by atoms with Gasteiger partial charge in [0.05, 0.1) is 35.7 Å². The predicted octanol–water partition coefficient (Wildman–Crippen LogP) is 3.83. The number of aromatic nitrogens is 4. The third kappa shape index (κ3) is 4.96. The number of carbonyl (C=O) groups is 1. The monoisotopic (exact) mass is 492 g/mol. The Balaban J connectivity index is 1.25. The molecule has 1 amide bonds. The average molecular weight is 493 g/mol. The average Bonchev–Trinajstić information content (AvgIpc) is 3.83. The molecule has 10 heteroatoms. The lowest BCUT2D eigenvalue weighted by Gasteiger charge is -2.35. The summed E-state index contributed by atoms with van der Waals surface area (Å²) in [5, 5.41) is 6.33. The third-order valence-corrected chi connectivity index (χ3v) is 6.79. The van der Waals surface area contributed by atoms with Crippen LogP contribution in [0.3, 0.4) is 0 Å². The topological polar surface area (TPSA) is 114 Å². The Morgan fingerprint density at radius 1 is 1.11 bits per heavy atom. The summed E-state index contributed by atoms with van der Waals surface area (Å²) in [7, 11) is 0. The Bertz CT molecular complexity index is 1250. The van der Waals surface area contributed by atoms with Crippen LogP contribution in [-0.4, -0.2) is 51.6 Å². The molecular weight excluding hydrogens is 463 g/mol. The highest BCUT2D eigenvalue weighted by Crippen LogP contribution is 2.36. The number of hydrogen-bond acceptors (Lipinski definition) is 7. The first-order valence-electron chi connectivity index (χ1n) is 12.4. The van der Waals surface area contributed by atoms with E-state index < -0.39 is 11.7 Å². The Kier molecular flexibility index (Phi) is 5.93. The minimum atomic E-state index is -0.770. The molecule has 0 atom stereocenters. The largest absolute Gasteiger partial charge is 0.355 e. The molecule has 1 aliphatic heterocycles. The summed E-state index contributed by atoms with van der Waals surface area (Å²) in [4.78, 5) is 29.8. The van der Waals surface area contributed by atoms with Crippen molar-refractivity contribution >= 4 is 11.9 Å². The van der Waals surface area contributed by atoms with Crippen LogP contribution in [-0.2, 0) is 14.3 Å². The molecule has 3 aromatic rings. The molecule has 1 saturated heterocycles. The van der Waals surface area contributed by atoms with E-state index in [-0.39, 0.29) is 24.9 Å². The van der Waals surface area contributed by atoms with Gasteiger partial charge in [-0.15, -0.1) is 0 Å². The number of hydrogen-bond donors (Lipinski definition) is 3. The summed E-state index contributed by atoms with van der Waals surface area (Å²) in [5.41, 5.74) is 1.86. The van der Waals surface area contributed by atoms with Crippen molar-refractivity contribution in [3.05, 3.63) is 48.2 Å². The van der Waals surface area contributed by atoms with Gasteiger partial charge in [-0.05, 0) is 68.9 Å². The normalized spacial score (nSPS) is 23.9. The number of nitrogens with zero attached hydrogens (tertiary/aromatic N) is 3. The number of H-pyrrole nitrogens is 1. The van der Waals surface area contributed by atoms with Crippen LogP contribution in [0.2, 0.25) is 0 Å². The molecule has 3 fully saturated rings. The molecule has 9 nitrogen and oxygen atoms in total. The molecule has 188 valence electrons. The summed E-state index contributed by atoms with van der Waals surface area (Å²) >= 11 is 0. The van der Waals surface area contributed by atoms with Gasteiger partial charge in [0.25, 0.3) is 0 Å². The minimum absolute atomic E-state index is 0.0586.